The number of amides is 1. The number of nitro benzene ring substituents is 2. The van der Waals surface area contributed by atoms with Crippen molar-refractivity contribution in [2.24, 2.45) is 5.92 Å². The van der Waals surface area contributed by atoms with Crippen molar-refractivity contribution in [2.45, 2.75) is 45.1 Å². The number of halogens is 1. The van der Waals surface area contributed by atoms with Crippen LogP contribution in [-0.2, 0) is 37.0 Å². The maximum atomic E-state index is 15.8. The van der Waals surface area contributed by atoms with E-state index < -0.39 is 76.7 Å². The predicted molar refractivity (Wildman–Crippen MR) is 221 cm³/mol. The van der Waals surface area contributed by atoms with Crippen molar-refractivity contribution in [1.82, 2.24) is 4.90 Å². The molecule has 0 N–H and O–H groups in total. The molecule has 1 saturated heterocycles. The molecule has 14 nitrogen and oxygen atoms in total. The number of carbonyl (C=O) groups is 4. The summed E-state index contributed by atoms with van der Waals surface area (Å²) in [5.74, 6) is -1.75. The minimum absolute atomic E-state index is 0.119. The van der Waals surface area contributed by atoms with Crippen LogP contribution < -0.4 is 15.9 Å². The second kappa shape index (κ2) is 17.2. The number of β-lactam (4-membered cyclic amide) rings is 1. The van der Waals surface area contributed by atoms with Crippen molar-refractivity contribution in [2.75, 3.05) is 6.29 Å². The van der Waals surface area contributed by atoms with E-state index in [1.165, 1.54) is 48.2 Å². The Kier molecular flexibility index (Phi) is 12.2. The van der Waals surface area contributed by atoms with Crippen LogP contribution in [0.1, 0.15) is 31.4 Å². The summed E-state index contributed by atoms with van der Waals surface area (Å²) in [5.41, 5.74) is -2.46. The summed E-state index contributed by atoms with van der Waals surface area (Å²) in [7, 11) is 0. The SMILES string of the molecule is C[C@@H](OC(=O)OCc1ccccc1[N+](=O)[O-])C1C(=O)N(CP(C(=O)OCc2ccccc2[N+](=O)[O-])(c2ccccc2)(c2ccccc2)c2ccccc2)C1(C)CC(=O)Cl. The number of hydrogen-bond donors (Lipinski definition) is 0. The number of nitro groups is 2. The van der Waals surface area contributed by atoms with Gasteiger partial charge in [-0.25, -0.2) is 0 Å². The third-order valence-electron chi connectivity index (χ3n) is 10.9. The summed E-state index contributed by atoms with van der Waals surface area (Å²) in [4.78, 5) is 80.2. The first-order valence-electron chi connectivity index (χ1n) is 18.4. The van der Waals surface area contributed by atoms with E-state index in [9.17, 15) is 34.6 Å². The van der Waals surface area contributed by atoms with Gasteiger partial charge in [-0.05, 0) is 0 Å². The number of para-hydroxylation sites is 2. The number of likely N-dealkylation sites (tertiary alicyclic amines) is 1. The number of rotatable bonds is 16. The molecule has 0 aliphatic carbocycles. The van der Waals surface area contributed by atoms with Gasteiger partial charge in [-0.3, -0.25) is 10.1 Å². The van der Waals surface area contributed by atoms with E-state index >= 15 is 4.79 Å². The van der Waals surface area contributed by atoms with Crippen LogP contribution in [0.5, 0.6) is 0 Å². The molecular weight excluding hydrogens is 801 g/mol. The van der Waals surface area contributed by atoms with Gasteiger partial charge >= 0.3 is 329 Å². The van der Waals surface area contributed by atoms with Gasteiger partial charge in [0.05, 0.1) is 0 Å². The Morgan fingerprint density at radius 3 is 1.54 bits per heavy atom. The fourth-order valence-electron chi connectivity index (χ4n) is 8.13. The zero-order chi connectivity index (χ0) is 42.4. The molecule has 1 fully saturated rings. The summed E-state index contributed by atoms with van der Waals surface area (Å²) in [6, 6.07) is 38.1. The van der Waals surface area contributed by atoms with Crippen molar-refractivity contribution in [1.29, 1.82) is 0 Å². The minimum atomic E-state index is -4.87. The zero-order valence-electron chi connectivity index (χ0n) is 31.9. The van der Waals surface area contributed by atoms with Crippen molar-refractivity contribution in [3.63, 3.8) is 0 Å². The molecule has 304 valence electrons. The van der Waals surface area contributed by atoms with E-state index in [1.54, 1.807) is 110 Å². The van der Waals surface area contributed by atoms with Gasteiger partial charge in [0, 0.05) is 0 Å². The summed E-state index contributed by atoms with van der Waals surface area (Å²) >= 11 is 6.10. The van der Waals surface area contributed by atoms with Crippen LogP contribution in [0.15, 0.2) is 140 Å². The van der Waals surface area contributed by atoms with Gasteiger partial charge in [0.15, 0.2) is 0 Å². The molecule has 2 unspecified atom stereocenters. The fourth-order valence-corrected chi connectivity index (χ4v) is 14.4. The first-order valence-corrected chi connectivity index (χ1v) is 21.2. The van der Waals surface area contributed by atoms with Crippen LogP contribution in [0.4, 0.5) is 21.0 Å². The number of carbonyl (C=O) groups excluding carboxylic acids is 4. The van der Waals surface area contributed by atoms with Crippen LogP contribution in [-0.4, -0.2) is 55.7 Å². The summed E-state index contributed by atoms with van der Waals surface area (Å²) < 4.78 is 17.1. The molecule has 1 amide bonds. The van der Waals surface area contributed by atoms with Gasteiger partial charge in [-0.2, -0.15) is 0 Å². The topological polar surface area (TPSA) is 185 Å². The quantitative estimate of drug-likeness (QED) is 0.0236. The monoisotopic (exact) mass is 839 g/mol. The number of hydrogen-bond acceptors (Lipinski definition) is 11. The number of benzene rings is 5. The van der Waals surface area contributed by atoms with Crippen molar-refractivity contribution < 1.29 is 43.2 Å². The molecule has 1 aliphatic rings. The van der Waals surface area contributed by atoms with E-state index in [0.717, 1.165) is 0 Å². The molecule has 6 rings (SSSR count). The third-order valence-corrected chi connectivity index (χ3v) is 17.2. The summed E-state index contributed by atoms with van der Waals surface area (Å²) in [5, 5.41) is 24.2. The zero-order valence-corrected chi connectivity index (χ0v) is 33.6. The molecule has 0 aromatic heterocycles. The molecule has 0 spiro atoms. The van der Waals surface area contributed by atoms with Crippen molar-refractivity contribution in [3.8, 4) is 0 Å². The standard InChI is InChI=1S/C43H39ClN3O11P/c1-30(58-41(50)56-27-31-16-12-14-24-36(31)46(52)53)39-40(49)45(43(39,2)26-38(44)48)29-59(33-18-6-3-7-19-33,34-20-8-4-9-21-34,35-22-10-5-11-23-35)42(51)57-28-32-17-13-15-25-37(32)47(54)55/h3-25,30,39H,26-29H2,1-2H3/t30-,39?,43?/m1/s1. The molecule has 16 heteroatoms. The van der Waals surface area contributed by atoms with Crippen LogP contribution in [0.2, 0.25) is 0 Å². The van der Waals surface area contributed by atoms with Crippen molar-refractivity contribution >= 4 is 68.5 Å². The maximum absolute atomic E-state index is 15.8. The molecular formula is C43H39ClN3O11P. The second-order valence-corrected chi connectivity index (χ2v) is 19.5. The van der Waals surface area contributed by atoms with E-state index in [-0.39, 0.29) is 28.8 Å². The number of nitrogens with zero attached hydrogens (tertiary/aromatic N) is 3. The van der Waals surface area contributed by atoms with Crippen molar-refractivity contribution in [3.05, 3.63) is 171 Å². The van der Waals surface area contributed by atoms with Gasteiger partial charge in [0.1, 0.15) is 0 Å². The third kappa shape index (κ3) is 7.64. The van der Waals surface area contributed by atoms with Gasteiger partial charge in [0.25, 0.3) is 0 Å². The van der Waals surface area contributed by atoms with Gasteiger partial charge < -0.3 is 0 Å². The fraction of sp³-hybridized carbons (Fsp3) is 0.209. The van der Waals surface area contributed by atoms with Crippen LogP contribution in [0, 0.1) is 26.1 Å². The summed E-state index contributed by atoms with van der Waals surface area (Å²) in [6.07, 6.45) is -3.18. The predicted octanol–water partition coefficient (Wildman–Crippen LogP) is 7.74. The Morgan fingerprint density at radius 2 is 1.12 bits per heavy atom. The molecule has 1 heterocycles. The first-order chi connectivity index (χ1) is 28.2. The van der Waals surface area contributed by atoms with Gasteiger partial charge in [0.2, 0.25) is 0 Å². The average Bonchev–Trinajstić information content (AvgIpc) is 3.23. The normalized spacial score (nSPS) is 17.3. The molecule has 1 aliphatic heterocycles. The molecule has 0 bridgehead atoms. The Balaban J connectivity index is 1.46. The Bertz CT molecular complexity index is 2300. The molecule has 0 radical (unpaired) electrons. The molecule has 5 aromatic rings. The van der Waals surface area contributed by atoms with E-state index in [4.69, 9.17) is 25.8 Å². The molecule has 0 saturated carbocycles. The van der Waals surface area contributed by atoms with Crippen LogP contribution in [0.25, 0.3) is 0 Å². The van der Waals surface area contributed by atoms with E-state index in [1.807, 2.05) is 0 Å². The first kappa shape index (κ1) is 42.1. The van der Waals surface area contributed by atoms with Gasteiger partial charge in [-0.1, -0.05) is 6.07 Å². The van der Waals surface area contributed by atoms with E-state index in [2.05, 4.69) is 0 Å². The average molecular weight is 840 g/mol. The summed E-state index contributed by atoms with van der Waals surface area (Å²) in [6.45, 7) is -2.77. The Morgan fingerprint density at radius 1 is 0.712 bits per heavy atom. The van der Waals surface area contributed by atoms with Crippen LogP contribution in [0.3, 0.4) is 0 Å². The Labute approximate surface area is 343 Å². The molecule has 3 atom stereocenters. The molecule has 59 heavy (non-hydrogen) atoms. The van der Waals surface area contributed by atoms with Gasteiger partial charge in [-0.15, -0.1) is 0 Å². The molecule has 5 aromatic carbocycles. The van der Waals surface area contributed by atoms with Crippen LogP contribution >= 0.6 is 18.2 Å². The number of ether oxygens (including phenoxy) is 3. The Hall–Kier alpha value is -6.50. The van der Waals surface area contributed by atoms with E-state index in [0.29, 0.717) is 15.9 Å². The second-order valence-electron chi connectivity index (χ2n) is 14.3.